The molecule has 0 aliphatic rings. The summed E-state index contributed by atoms with van der Waals surface area (Å²) in [5.74, 6) is -0.444. The summed E-state index contributed by atoms with van der Waals surface area (Å²) in [6.07, 6.45) is -5.22. The molecule has 2 aromatic heterocycles. The molecule has 1 aromatic carbocycles. The van der Waals surface area contributed by atoms with E-state index >= 15 is 0 Å². The first-order valence-electron chi connectivity index (χ1n) is 8.46. The van der Waals surface area contributed by atoms with Crippen LogP contribution in [0.2, 0.25) is 0 Å². The highest BCUT2D eigenvalue weighted by atomic mass is 19.4. The number of quaternary nitrogens is 1. The maximum Gasteiger partial charge on any atom is 0.416 e. The average molecular weight is 443 g/mol. The van der Waals surface area contributed by atoms with Gasteiger partial charge in [0.25, 0.3) is 5.91 Å². The van der Waals surface area contributed by atoms with Crippen molar-refractivity contribution < 1.29 is 36.6 Å². The first-order valence-corrected chi connectivity index (χ1v) is 8.46. The highest BCUT2D eigenvalue weighted by Crippen LogP contribution is 2.37. The van der Waals surface area contributed by atoms with Crippen LogP contribution in [0.4, 0.5) is 32.2 Å². The van der Waals surface area contributed by atoms with Gasteiger partial charge in [0.2, 0.25) is 5.82 Å². The van der Waals surface area contributed by atoms with Crippen LogP contribution in [0.1, 0.15) is 11.1 Å². The molecule has 31 heavy (non-hydrogen) atoms. The molecule has 162 valence electrons. The molecule has 0 bridgehead atoms. The molecule has 0 fully saturated rings. The van der Waals surface area contributed by atoms with Crippen LogP contribution >= 0.6 is 0 Å². The van der Waals surface area contributed by atoms with Gasteiger partial charge in [0.1, 0.15) is 6.33 Å². The van der Waals surface area contributed by atoms with E-state index in [0.717, 1.165) is 23.3 Å². The number of pyridine rings is 1. The summed E-state index contributed by atoms with van der Waals surface area (Å²) in [7, 11) is 0. The molecule has 0 unspecified atom stereocenters. The third-order valence-corrected chi connectivity index (χ3v) is 3.78. The average Bonchev–Trinajstić information content (AvgIpc) is 3.19. The van der Waals surface area contributed by atoms with E-state index in [1.165, 1.54) is 11.6 Å². The molecule has 7 nitrogen and oxygen atoms in total. The molecular weight excluding hydrogens is 430 g/mol. The summed E-state index contributed by atoms with van der Waals surface area (Å²) in [6.45, 7) is 0. The van der Waals surface area contributed by atoms with Crippen molar-refractivity contribution in [3.8, 4) is 11.4 Å². The van der Waals surface area contributed by atoms with Gasteiger partial charge in [-0.15, -0.1) is 5.10 Å². The second-order valence-corrected chi connectivity index (χ2v) is 6.07. The molecule has 3 N–H and O–H groups in total. The zero-order valence-corrected chi connectivity index (χ0v) is 15.3. The van der Waals surface area contributed by atoms with E-state index < -0.39 is 35.0 Å². The highest BCUT2D eigenvalue weighted by molar-refractivity contribution is 5.89. The van der Waals surface area contributed by atoms with Gasteiger partial charge in [0.05, 0.1) is 11.1 Å². The normalized spacial score (nSPS) is 12.3. The molecule has 0 atom stereocenters. The van der Waals surface area contributed by atoms with Crippen molar-refractivity contribution in [1.82, 2.24) is 25.2 Å². The minimum Gasteiger partial charge on any atom is -0.265 e. The van der Waals surface area contributed by atoms with Gasteiger partial charge in [0.15, 0.2) is 5.82 Å². The Morgan fingerprint density at radius 3 is 2.26 bits per heavy atom. The molecule has 3 rings (SSSR count). The van der Waals surface area contributed by atoms with Crippen LogP contribution < -0.4 is 10.9 Å². The van der Waals surface area contributed by atoms with Gasteiger partial charge in [-0.2, -0.15) is 37.2 Å². The Balaban J connectivity index is 1.77. The van der Waals surface area contributed by atoms with Crippen molar-refractivity contribution in [2.45, 2.75) is 12.4 Å². The molecule has 0 saturated carbocycles. The van der Waals surface area contributed by atoms with Crippen molar-refractivity contribution in [2.75, 3.05) is 0 Å². The largest absolute Gasteiger partial charge is 0.416 e. The fourth-order valence-corrected chi connectivity index (χ4v) is 2.36. The number of alkyl halides is 6. The maximum absolute atomic E-state index is 13.0. The SMILES string of the molecule is O=C(C=Cn1cnc(-c2cc(C(F)(F)F)cc(C(F)(F)F)c2)n1)N[NH2+]c1ccccn1. The summed E-state index contributed by atoms with van der Waals surface area (Å²) in [5, 5.41) is 3.80. The van der Waals surface area contributed by atoms with Crippen LogP contribution in [0.3, 0.4) is 0 Å². The smallest absolute Gasteiger partial charge is 0.265 e. The van der Waals surface area contributed by atoms with E-state index in [9.17, 15) is 31.1 Å². The van der Waals surface area contributed by atoms with E-state index in [1.54, 1.807) is 18.2 Å². The third-order valence-electron chi connectivity index (χ3n) is 3.78. The fourth-order valence-electron chi connectivity index (χ4n) is 2.36. The monoisotopic (exact) mass is 443 g/mol. The Morgan fingerprint density at radius 2 is 1.68 bits per heavy atom. The Hall–Kier alpha value is -3.74. The quantitative estimate of drug-likeness (QED) is 0.209. The van der Waals surface area contributed by atoms with Crippen molar-refractivity contribution in [2.24, 2.45) is 0 Å². The second-order valence-electron chi connectivity index (χ2n) is 6.07. The summed E-state index contributed by atoms with van der Waals surface area (Å²) in [6, 6.07) is 6.13. The van der Waals surface area contributed by atoms with Gasteiger partial charge in [-0.3, -0.25) is 4.79 Å². The number of aromatic nitrogens is 4. The molecule has 0 spiro atoms. The lowest BCUT2D eigenvalue weighted by Gasteiger charge is -2.13. The van der Waals surface area contributed by atoms with Gasteiger partial charge in [0, 0.05) is 30.1 Å². The van der Waals surface area contributed by atoms with Crippen LogP contribution in [0, 0.1) is 0 Å². The van der Waals surface area contributed by atoms with Crippen molar-refractivity contribution >= 4 is 17.9 Å². The minimum atomic E-state index is -4.99. The number of halogens is 6. The van der Waals surface area contributed by atoms with Gasteiger partial charge >= 0.3 is 12.4 Å². The molecule has 0 radical (unpaired) electrons. The lowest BCUT2D eigenvalue weighted by molar-refractivity contribution is -0.622. The van der Waals surface area contributed by atoms with E-state index in [-0.39, 0.29) is 11.9 Å². The summed E-state index contributed by atoms with van der Waals surface area (Å²) < 4.78 is 78.9. The molecule has 3 aromatic rings. The molecule has 2 heterocycles. The molecule has 13 heteroatoms. The van der Waals surface area contributed by atoms with Crippen LogP contribution in [0.25, 0.3) is 17.6 Å². The van der Waals surface area contributed by atoms with Crippen molar-refractivity contribution in [1.29, 1.82) is 0 Å². The maximum atomic E-state index is 13.0. The van der Waals surface area contributed by atoms with Crippen LogP contribution in [-0.4, -0.2) is 25.7 Å². The first-order chi connectivity index (χ1) is 14.5. The Morgan fingerprint density at radius 1 is 1.00 bits per heavy atom. The molecule has 0 saturated heterocycles. The number of nitrogens with zero attached hydrogens (tertiary/aromatic N) is 4. The summed E-state index contributed by atoms with van der Waals surface area (Å²) >= 11 is 0. The number of hydrogen-bond acceptors (Lipinski definition) is 4. The number of nitrogens with two attached hydrogens (primary N) is 1. The molecule has 0 aliphatic carbocycles. The van der Waals surface area contributed by atoms with E-state index in [4.69, 9.17) is 0 Å². The Kier molecular flexibility index (Phi) is 6.06. The zero-order chi connectivity index (χ0) is 22.6. The third kappa shape index (κ3) is 5.88. The topological polar surface area (TPSA) is 89.3 Å². The van der Waals surface area contributed by atoms with Crippen LogP contribution in [0.5, 0.6) is 0 Å². The van der Waals surface area contributed by atoms with Crippen LogP contribution in [0.15, 0.2) is 55.0 Å². The standard InChI is InChI=1S/C18H12F6N6O/c19-17(20,21)12-7-11(8-13(9-12)18(22,23)24)16-26-10-30(29-16)6-4-15(31)28-27-14-3-1-2-5-25-14/h1-10H,(H,25,27)(H,28,31)/p+1. The Bertz CT molecular complexity index is 1060. The summed E-state index contributed by atoms with van der Waals surface area (Å²) in [4.78, 5) is 19.5. The minimum absolute atomic E-state index is 0.0167. The second kappa shape index (κ2) is 8.55. The highest BCUT2D eigenvalue weighted by Gasteiger charge is 2.37. The van der Waals surface area contributed by atoms with E-state index in [2.05, 4.69) is 20.5 Å². The molecule has 1 amide bonds. The lowest BCUT2D eigenvalue weighted by atomic mass is 10.0. The molecular formula is C18H13F6N6O+. The van der Waals surface area contributed by atoms with Gasteiger partial charge in [-0.25, -0.2) is 14.6 Å². The predicted molar refractivity (Wildman–Crippen MR) is 94.8 cm³/mol. The summed E-state index contributed by atoms with van der Waals surface area (Å²) in [5.41, 5.74) is 0.353. The first kappa shape index (κ1) is 22.0. The number of hydrogen-bond donors (Lipinski definition) is 2. The fraction of sp³-hybridized carbons (Fsp3) is 0.111. The molecule has 0 aliphatic heterocycles. The van der Waals surface area contributed by atoms with E-state index in [1.807, 2.05) is 0 Å². The van der Waals surface area contributed by atoms with Gasteiger partial charge < -0.3 is 0 Å². The van der Waals surface area contributed by atoms with Crippen molar-refractivity contribution in [3.05, 3.63) is 66.1 Å². The van der Waals surface area contributed by atoms with Crippen LogP contribution in [-0.2, 0) is 17.1 Å². The number of carbonyl (C=O) groups is 1. The Labute approximate surface area is 170 Å². The lowest BCUT2D eigenvalue weighted by Crippen LogP contribution is -2.89. The van der Waals surface area contributed by atoms with Gasteiger partial charge in [-0.05, 0) is 24.3 Å². The zero-order valence-electron chi connectivity index (χ0n) is 15.3. The predicted octanol–water partition coefficient (Wildman–Crippen LogP) is 2.77. The number of nitrogens with one attached hydrogen (secondary N) is 1. The van der Waals surface area contributed by atoms with Crippen molar-refractivity contribution in [3.63, 3.8) is 0 Å². The van der Waals surface area contributed by atoms with Gasteiger partial charge in [-0.1, -0.05) is 6.07 Å². The number of benzene rings is 1. The number of rotatable bonds is 5. The van der Waals surface area contributed by atoms with E-state index in [0.29, 0.717) is 18.0 Å². The number of carbonyl (C=O) groups excluding carboxylic acids is 1. The number of amides is 1.